The van der Waals surface area contributed by atoms with Crippen LogP contribution >= 0.6 is 0 Å². The van der Waals surface area contributed by atoms with E-state index in [1.807, 2.05) is 100 Å². The lowest BCUT2D eigenvalue weighted by Crippen LogP contribution is -2.58. The summed E-state index contributed by atoms with van der Waals surface area (Å²) in [5.41, 5.74) is 0.923. The monoisotopic (exact) mass is 625 g/mol. The maximum Gasteiger partial charge on any atom is 0.243 e. The van der Waals surface area contributed by atoms with Gasteiger partial charge in [-0.1, -0.05) is 107 Å². The minimum atomic E-state index is -0.956. The van der Waals surface area contributed by atoms with Gasteiger partial charge >= 0.3 is 0 Å². The molecule has 8 heteroatoms. The first kappa shape index (κ1) is 34.5. The van der Waals surface area contributed by atoms with Crippen molar-refractivity contribution in [1.29, 1.82) is 0 Å². The van der Waals surface area contributed by atoms with Gasteiger partial charge < -0.3 is 20.7 Å². The van der Waals surface area contributed by atoms with E-state index in [4.69, 9.17) is 0 Å². The molecule has 3 amide bonds. The number of ketones is 1. The maximum absolute atomic E-state index is 14.0. The molecule has 46 heavy (non-hydrogen) atoms. The smallest absolute Gasteiger partial charge is 0.243 e. The number of benzene rings is 3. The molecule has 1 aliphatic rings. The number of Topliss-reactive ketones (excluding diaryl/α,β-unsaturated/α-hetero) is 1. The fraction of sp³-hybridized carbons (Fsp3) is 0.447. The van der Waals surface area contributed by atoms with Gasteiger partial charge in [-0.15, -0.1) is 0 Å². The highest BCUT2D eigenvalue weighted by Crippen LogP contribution is 2.38. The number of aldehydes is 1. The van der Waals surface area contributed by atoms with Crippen LogP contribution in [0.15, 0.2) is 72.8 Å². The van der Waals surface area contributed by atoms with Crippen LogP contribution in [0.25, 0.3) is 10.8 Å². The zero-order valence-corrected chi connectivity index (χ0v) is 27.4. The van der Waals surface area contributed by atoms with E-state index in [0.717, 1.165) is 34.7 Å². The molecular weight excluding hydrogens is 578 g/mol. The number of carbonyl (C=O) groups excluding carboxylic acids is 5. The summed E-state index contributed by atoms with van der Waals surface area (Å²) in [5.74, 6) is -1.46. The molecule has 0 radical (unpaired) electrons. The van der Waals surface area contributed by atoms with Crippen LogP contribution in [0.4, 0.5) is 0 Å². The average Bonchev–Trinajstić information content (AvgIpc) is 3.03. The minimum Gasteiger partial charge on any atom is -0.344 e. The van der Waals surface area contributed by atoms with Gasteiger partial charge in [-0.05, 0) is 47.1 Å². The van der Waals surface area contributed by atoms with E-state index in [0.29, 0.717) is 25.5 Å². The second-order valence-electron chi connectivity index (χ2n) is 13.5. The van der Waals surface area contributed by atoms with Crippen LogP contribution in [0.2, 0.25) is 0 Å². The predicted molar refractivity (Wildman–Crippen MR) is 180 cm³/mol. The fourth-order valence-electron chi connectivity index (χ4n) is 6.54. The number of rotatable bonds is 14. The van der Waals surface area contributed by atoms with Crippen LogP contribution in [0.1, 0.15) is 70.9 Å². The molecule has 4 atom stereocenters. The quantitative estimate of drug-likeness (QED) is 0.215. The molecule has 1 saturated carbocycles. The standard InChI is InChI=1S/C38H47N3O5/c1-25(2)21-31(37(46)41-34(24-42)38(3,4)30-19-10-11-20-33(30)43)40-36(45)32(39-35(44)22-26-13-6-5-7-14-26)23-28-17-12-16-27-15-8-9-18-29(27)28/h5-9,12-18,24-25,30-32,34H,10-11,19-23H2,1-4H3,(H,39,44)(H,40,45)(H,41,46)/t30-,31+,32+,34-/m1/s1. The number of hydrogen-bond acceptors (Lipinski definition) is 5. The summed E-state index contributed by atoms with van der Waals surface area (Å²) in [6.45, 7) is 7.59. The van der Waals surface area contributed by atoms with E-state index in [2.05, 4.69) is 16.0 Å². The SMILES string of the molecule is CC(C)C[C@H](NC(=O)[C@H](Cc1cccc2ccccc12)NC(=O)Cc1ccccc1)C(=O)N[C@H](C=O)C(C)(C)[C@@H]1CCCCC1=O. The molecule has 244 valence electrons. The minimum absolute atomic E-state index is 0.0443. The van der Waals surface area contributed by atoms with Gasteiger partial charge in [0.1, 0.15) is 24.2 Å². The molecule has 1 aliphatic carbocycles. The number of nitrogens with one attached hydrogen (secondary N) is 3. The Morgan fingerprint density at radius 2 is 1.52 bits per heavy atom. The van der Waals surface area contributed by atoms with E-state index in [-0.39, 0.29) is 36.4 Å². The molecule has 4 rings (SSSR count). The van der Waals surface area contributed by atoms with Gasteiger partial charge in [0.25, 0.3) is 0 Å². The van der Waals surface area contributed by atoms with Crippen LogP contribution in [0.5, 0.6) is 0 Å². The van der Waals surface area contributed by atoms with Crippen molar-refractivity contribution in [3.63, 3.8) is 0 Å². The molecule has 0 saturated heterocycles. The summed E-state index contributed by atoms with van der Waals surface area (Å²) in [7, 11) is 0. The molecular formula is C38H47N3O5. The summed E-state index contributed by atoms with van der Waals surface area (Å²) >= 11 is 0. The summed E-state index contributed by atoms with van der Waals surface area (Å²) in [5, 5.41) is 10.7. The largest absolute Gasteiger partial charge is 0.344 e. The zero-order valence-electron chi connectivity index (χ0n) is 27.4. The fourth-order valence-corrected chi connectivity index (χ4v) is 6.54. The topological polar surface area (TPSA) is 121 Å². The van der Waals surface area contributed by atoms with Gasteiger partial charge in [0, 0.05) is 24.2 Å². The molecule has 0 spiro atoms. The molecule has 0 aromatic heterocycles. The lowest BCUT2D eigenvalue weighted by molar-refractivity contribution is -0.135. The van der Waals surface area contributed by atoms with Crippen LogP contribution in [-0.2, 0) is 36.8 Å². The molecule has 0 heterocycles. The van der Waals surface area contributed by atoms with E-state index in [9.17, 15) is 24.0 Å². The lowest BCUT2D eigenvalue weighted by atomic mass is 9.66. The lowest BCUT2D eigenvalue weighted by Gasteiger charge is -2.40. The highest BCUT2D eigenvalue weighted by molar-refractivity contribution is 5.94. The van der Waals surface area contributed by atoms with Crippen LogP contribution in [0.3, 0.4) is 0 Å². The van der Waals surface area contributed by atoms with Gasteiger partial charge in [0.2, 0.25) is 17.7 Å². The normalized spacial score (nSPS) is 17.2. The van der Waals surface area contributed by atoms with Gasteiger partial charge in [0.15, 0.2) is 0 Å². The second kappa shape index (κ2) is 15.8. The number of carbonyl (C=O) groups is 5. The highest BCUT2D eigenvalue weighted by atomic mass is 16.2. The summed E-state index contributed by atoms with van der Waals surface area (Å²) in [6.07, 6.45) is 4.24. The van der Waals surface area contributed by atoms with Crippen LogP contribution in [0, 0.1) is 17.3 Å². The first-order chi connectivity index (χ1) is 22.0. The van der Waals surface area contributed by atoms with Crippen molar-refractivity contribution in [2.75, 3.05) is 0 Å². The Morgan fingerprint density at radius 3 is 2.22 bits per heavy atom. The Kier molecular flexibility index (Phi) is 11.9. The van der Waals surface area contributed by atoms with Crippen molar-refractivity contribution in [2.45, 2.75) is 90.8 Å². The molecule has 3 N–H and O–H groups in total. The Morgan fingerprint density at radius 1 is 0.848 bits per heavy atom. The third-order valence-electron chi connectivity index (χ3n) is 9.19. The van der Waals surface area contributed by atoms with Crippen molar-refractivity contribution >= 4 is 40.6 Å². The van der Waals surface area contributed by atoms with Gasteiger partial charge in [-0.2, -0.15) is 0 Å². The second-order valence-corrected chi connectivity index (χ2v) is 13.5. The molecule has 0 bridgehead atoms. The predicted octanol–water partition coefficient (Wildman–Crippen LogP) is 5.11. The Balaban J connectivity index is 1.56. The summed E-state index contributed by atoms with van der Waals surface area (Å²) < 4.78 is 0. The van der Waals surface area contributed by atoms with Gasteiger partial charge in [-0.25, -0.2) is 0 Å². The molecule has 1 fully saturated rings. The van der Waals surface area contributed by atoms with Crippen molar-refractivity contribution in [3.8, 4) is 0 Å². The first-order valence-electron chi connectivity index (χ1n) is 16.4. The van der Waals surface area contributed by atoms with Crippen LogP contribution < -0.4 is 16.0 Å². The number of fused-ring (bicyclic) bond motifs is 1. The Labute approximate surface area is 272 Å². The maximum atomic E-state index is 14.0. The van der Waals surface area contributed by atoms with Crippen molar-refractivity contribution < 1.29 is 24.0 Å². The molecule has 0 aliphatic heterocycles. The van der Waals surface area contributed by atoms with E-state index in [1.165, 1.54) is 0 Å². The Bertz CT molecular complexity index is 1530. The third-order valence-corrected chi connectivity index (χ3v) is 9.19. The zero-order chi connectivity index (χ0) is 33.3. The molecule has 3 aromatic rings. The molecule has 0 unspecified atom stereocenters. The third kappa shape index (κ3) is 8.89. The van der Waals surface area contributed by atoms with Gasteiger partial charge in [0.05, 0.1) is 12.5 Å². The molecule has 3 aromatic carbocycles. The molecule has 8 nitrogen and oxygen atoms in total. The highest BCUT2D eigenvalue weighted by Gasteiger charge is 2.43. The van der Waals surface area contributed by atoms with Crippen LogP contribution in [-0.4, -0.2) is 47.9 Å². The van der Waals surface area contributed by atoms with Crippen molar-refractivity contribution in [1.82, 2.24) is 16.0 Å². The van der Waals surface area contributed by atoms with E-state index < -0.39 is 35.4 Å². The average molecular weight is 626 g/mol. The first-order valence-corrected chi connectivity index (χ1v) is 16.4. The number of amides is 3. The van der Waals surface area contributed by atoms with Crippen molar-refractivity contribution in [3.05, 3.63) is 83.9 Å². The van der Waals surface area contributed by atoms with E-state index >= 15 is 0 Å². The van der Waals surface area contributed by atoms with E-state index in [1.54, 1.807) is 0 Å². The summed E-state index contributed by atoms with van der Waals surface area (Å²) in [4.78, 5) is 66.1. The van der Waals surface area contributed by atoms with Crippen molar-refractivity contribution in [2.24, 2.45) is 17.3 Å². The number of hydrogen-bond donors (Lipinski definition) is 3. The Hall–Kier alpha value is -4.33. The summed E-state index contributed by atoms with van der Waals surface area (Å²) in [6, 6.07) is 20.2. The van der Waals surface area contributed by atoms with Gasteiger partial charge in [-0.3, -0.25) is 19.2 Å².